The van der Waals surface area contributed by atoms with Crippen LogP contribution in [0.4, 0.5) is 11.4 Å². The van der Waals surface area contributed by atoms with Gasteiger partial charge < -0.3 is 20.1 Å². The largest absolute Gasteiger partial charge is 0.486 e. The second-order valence-corrected chi connectivity index (χ2v) is 7.59. The first-order valence-corrected chi connectivity index (χ1v) is 9.93. The molecule has 7 nitrogen and oxygen atoms in total. The van der Waals surface area contributed by atoms with E-state index in [-0.39, 0.29) is 11.8 Å². The highest BCUT2D eigenvalue weighted by Gasteiger charge is 2.23. The first-order valence-electron chi connectivity index (χ1n) is 9.05. The number of hydrogen-bond acceptors (Lipinski definition) is 6. The summed E-state index contributed by atoms with van der Waals surface area (Å²) in [5.41, 5.74) is 2.53. The molecule has 2 N–H and O–H groups in total. The number of anilines is 2. The van der Waals surface area contributed by atoms with Gasteiger partial charge in [-0.3, -0.25) is 9.59 Å². The van der Waals surface area contributed by atoms with Gasteiger partial charge in [0.1, 0.15) is 28.8 Å². The third-order valence-corrected chi connectivity index (χ3v) is 5.16. The standard InChI is InChI=1S/C21H19N3O4S/c1-12-3-6-15(7-4-12)27-10-19-23-17(11-29-19)21(26)22-14-5-8-18-16(9-14)24-20(25)13(2)28-18/h3-9,11,13H,10H2,1-2H3,(H,22,26)(H,24,25). The molecule has 0 fully saturated rings. The number of ether oxygens (including phenoxy) is 2. The smallest absolute Gasteiger partial charge is 0.275 e. The van der Waals surface area contributed by atoms with Crippen LogP contribution in [0.2, 0.25) is 0 Å². The van der Waals surface area contributed by atoms with Crippen molar-refractivity contribution in [2.24, 2.45) is 0 Å². The maximum atomic E-state index is 12.5. The molecule has 0 saturated carbocycles. The van der Waals surface area contributed by atoms with E-state index >= 15 is 0 Å². The van der Waals surface area contributed by atoms with Crippen molar-refractivity contribution in [2.45, 2.75) is 26.6 Å². The van der Waals surface area contributed by atoms with E-state index < -0.39 is 6.10 Å². The molecule has 1 unspecified atom stereocenters. The number of carbonyl (C=O) groups is 2. The maximum Gasteiger partial charge on any atom is 0.275 e. The lowest BCUT2D eigenvalue weighted by Crippen LogP contribution is -2.34. The van der Waals surface area contributed by atoms with Gasteiger partial charge in [0.2, 0.25) is 0 Å². The lowest BCUT2D eigenvalue weighted by molar-refractivity contribution is -0.122. The molecule has 0 saturated heterocycles. The van der Waals surface area contributed by atoms with Gasteiger partial charge in [-0.15, -0.1) is 11.3 Å². The summed E-state index contributed by atoms with van der Waals surface area (Å²) in [6.45, 7) is 3.98. The summed E-state index contributed by atoms with van der Waals surface area (Å²) in [5.74, 6) is 0.765. The summed E-state index contributed by atoms with van der Waals surface area (Å²) in [5, 5.41) is 7.94. The lowest BCUT2D eigenvalue weighted by Gasteiger charge is -2.23. The first kappa shape index (κ1) is 18.9. The topological polar surface area (TPSA) is 89.5 Å². The molecule has 1 aliphatic heterocycles. The Morgan fingerprint density at radius 3 is 2.86 bits per heavy atom. The van der Waals surface area contributed by atoms with Crippen molar-refractivity contribution in [3.05, 3.63) is 64.1 Å². The second-order valence-electron chi connectivity index (χ2n) is 6.64. The maximum absolute atomic E-state index is 12.5. The Kier molecular flexibility index (Phi) is 5.18. The van der Waals surface area contributed by atoms with Crippen molar-refractivity contribution in [3.8, 4) is 11.5 Å². The molecule has 3 aromatic rings. The zero-order valence-corrected chi connectivity index (χ0v) is 16.7. The van der Waals surface area contributed by atoms with Crippen molar-refractivity contribution < 1.29 is 19.1 Å². The second kappa shape index (κ2) is 7.92. The molecule has 2 amide bonds. The fourth-order valence-electron chi connectivity index (χ4n) is 2.74. The minimum atomic E-state index is -0.543. The monoisotopic (exact) mass is 409 g/mol. The predicted octanol–water partition coefficient (Wildman–Crippen LogP) is 4.00. The van der Waals surface area contributed by atoms with E-state index in [1.165, 1.54) is 11.3 Å². The summed E-state index contributed by atoms with van der Waals surface area (Å²) in [6, 6.07) is 12.8. The van der Waals surface area contributed by atoms with Crippen molar-refractivity contribution >= 4 is 34.5 Å². The quantitative estimate of drug-likeness (QED) is 0.665. The number of carbonyl (C=O) groups excluding carboxylic acids is 2. The van der Waals surface area contributed by atoms with E-state index in [2.05, 4.69) is 15.6 Å². The van der Waals surface area contributed by atoms with Crippen LogP contribution in [-0.2, 0) is 11.4 Å². The third-order valence-electron chi connectivity index (χ3n) is 4.34. The van der Waals surface area contributed by atoms with E-state index in [9.17, 15) is 9.59 Å². The average Bonchev–Trinajstić information content (AvgIpc) is 3.18. The number of aromatic nitrogens is 1. The molecule has 148 valence electrons. The van der Waals surface area contributed by atoms with Gasteiger partial charge in [-0.05, 0) is 44.2 Å². The van der Waals surface area contributed by atoms with E-state index in [0.717, 1.165) is 11.3 Å². The molecule has 29 heavy (non-hydrogen) atoms. The highest BCUT2D eigenvalue weighted by Crippen LogP contribution is 2.32. The molecule has 4 rings (SSSR count). The summed E-state index contributed by atoms with van der Waals surface area (Å²) in [4.78, 5) is 28.6. The van der Waals surface area contributed by atoms with Gasteiger partial charge in [-0.1, -0.05) is 17.7 Å². The van der Waals surface area contributed by atoms with E-state index in [1.54, 1.807) is 30.5 Å². The number of amides is 2. The van der Waals surface area contributed by atoms with Crippen LogP contribution in [0.5, 0.6) is 11.5 Å². The van der Waals surface area contributed by atoms with Crippen molar-refractivity contribution in [1.29, 1.82) is 0 Å². The molecule has 8 heteroatoms. The van der Waals surface area contributed by atoms with Crippen LogP contribution in [0.3, 0.4) is 0 Å². The third kappa shape index (κ3) is 4.38. The molecule has 1 atom stereocenters. The van der Waals surface area contributed by atoms with Crippen LogP contribution in [0.1, 0.15) is 28.0 Å². The molecule has 1 aliphatic rings. The Balaban J connectivity index is 1.38. The van der Waals surface area contributed by atoms with Gasteiger partial charge >= 0.3 is 0 Å². The van der Waals surface area contributed by atoms with Crippen molar-refractivity contribution in [1.82, 2.24) is 4.98 Å². The van der Waals surface area contributed by atoms with Crippen molar-refractivity contribution in [2.75, 3.05) is 10.6 Å². The molecule has 0 radical (unpaired) electrons. The van der Waals surface area contributed by atoms with E-state index in [0.29, 0.717) is 34.4 Å². The zero-order chi connectivity index (χ0) is 20.4. The number of rotatable bonds is 5. The van der Waals surface area contributed by atoms with Gasteiger partial charge in [-0.2, -0.15) is 0 Å². The molecule has 0 bridgehead atoms. The Morgan fingerprint density at radius 1 is 1.28 bits per heavy atom. The number of nitrogens with zero attached hydrogens (tertiary/aromatic N) is 1. The fourth-order valence-corrected chi connectivity index (χ4v) is 3.43. The van der Waals surface area contributed by atoms with Gasteiger partial charge in [0, 0.05) is 11.1 Å². The Morgan fingerprint density at radius 2 is 2.07 bits per heavy atom. The number of hydrogen-bond donors (Lipinski definition) is 2. The minimum absolute atomic E-state index is 0.223. The SMILES string of the molecule is Cc1ccc(OCc2nc(C(=O)Nc3ccc4c(c3)NC(=O)C(C)O4)cs2)cc1. The van der Waals surface area contributed by atoms with Crippen LogP contribution < -0.4 is 20.1 Å². The highest BCUT2D eigenvalue weighted by atomic mass is 32.1. The minimum Gasteiger partial charge on any atom is -0.486 e. The Bertz CT molecular complexity index is 1060. The normalized spacial score (nSPS) is 15.1. The van der Waals surface area contributed by atoms with Crippen LogP contribution >= 0.6 is 11.3 Å². The van der Waals surface area contributed by atoms with Gasteiger partial charge in [0.05, 0.1) is 5.69 Å². The first-order chi connectivity index (χ1) is 14.0. The van der Waals surface area contributed by atoms with Gasteiger partial charge in [0.25, 0.3) is 11.8 Å². The van der Waals surface area contributed by atoms with Crippen LogP contribution in [0, 0.1) is 6.92 Å². The zero-order valence-electron chi connectivity index (χ0n) is 15.9. The molecule has 2 heterocycles. The van der Waals surface area contributed by atoms with Crippen LogP contribution in [-0.4, -0.2) is 22.9 Å². The summed E-state index contributed by atoms with van der Waals surface area (Å²) >= 11 is 1.36. The number of nitrogens with one attached hydrogen (secondary N) is 2. The molecule has 2 aromatic carbocycles. The van der Waals surface area contributed by atoms with E-state index in [4.69, 9.17) is 9.47 Å². The summed E-state index contributed by atoms with van der Waals surface area (Å²) < 4.78 is 11.2. The Hall–Kier alpha value is -3.39. The molecule has 0 spiro atoms. The number of fused-ring (bicyclic) bond motifs is 1. The number of aryl methyl sites for hydroxylation is 1. The molecular formula is C21H19N3O4S. The number of benzene rings is 2. The molecule has 1 aromatic heterocycles. The fraction of sp³-hybridized carbons (Fsp3) is 0.190. The summed E-state index contributed by atoms with van der Waals surface area (Å²) in [7, 11) is 0. The highest BCUT2D eigenvalue weighted by molar-refractivity contribution is 7.09. The Labute approximate surface area is 171 Å². The van der Waals surface area contributed by atoms with Crippen LogP contribution in [0.25, 0.3) is 0 Å². The van der Waals surface area contributed by atoms with Crippen molar-refractivity contribution in [3.63, 3.8) is 0 Å². The van der Waals surface area contributed by atoms with Crippen LogP contribution in [0.15, 0.2) is 47.8 Å². The predicted molar refractivity (Wildman–Crippen MR) is 111 cm³/mol. The molecular weight excluding hydrogens is 390 g/mol. The van der Waals surface area contributed by atoms with Gasteiger partial charge in [-0.25, -0.2) is 4.98 Å². The van der Waals surface area contributed by atoms with E-state index in [1.807, 2.05) is 31.2 Å². The van der Waals surface area contributed by atoms with Gasteiger partial charge in [0.15, 0.2) is 6.10 Å². The number of thiazole rings is 1. The summed E-state index contributed by atoms with van der Waals surface area (Å²) in [6.07, 6.45) is -0.543. The average molecular weight is 409 g/mol. The lowest BCUT2D eigenvalue weighted by atomic mass is 10.2. The molecule has 0 aliphatic carbocycles.